The van der Waals surface area contributed by atoms with Gasteiger partial charge in [-0.1, -0.05) is 33.1 Å². The zero-order chi connectivity index (χ0) is 25.6. The Morgan fingerprint density at radius 1 is 0.943 bits per heavy atom. The van der Waals surface area contributed by atoms with Crippen molar-refractivity contribution < 1.29 is 20.4 Å². The fourth-order valence-electron chi connectivity index (χ4n) is 2.97. The van der Waals surface area contributed by atoms with Gasteiger partial charge in [0.05, 0.1) is 25.4 Å². The van der Waals surface area contributed by atoms with E-state index >= 15 is 0 Å². The molecule has 35 heavy (non-hydrogen) atoms. The molecule has 2 heterocycles. The number of aromatic amines is 1. The fraction of sp³-hybridized carbons (Fsp3) is 0.700. The molecule has 0 aliphatic carbocycles. The monoisotopic (exact) mass is 529 g/mol. The highest BCUT2D eigenvalue weighted by atomic mass is 32.1. The third kappa shape index (κ3) is 10.1. The maximum absolute atomic E-state index is 9.83. The lowest BCUT2D eigenvalue weighted by Gasteiger charge is -2.19. The van der Waals surface area contributed by atoms with E-state index in [2.05, 4.69) is 59.4 Å². The summed E-state index contributed by atoms with van der Waals surface area (Å²) in [5.74, 6) is 1.27. The third-order valence-corrected chi connectivity index (χ3v) is 6.04. The molecule has 3 atom stereocenters. The summed E-state index contributed by atoms with van der Waals surface area (Å²) in [4.78, 5) is 13.1. The molecule has 0 aliphatic rings. The van der Waals surface area contributed by atoms with E-state index < -0.39 is 25.4 Å². The Bertz CT molecular complexity index is 937. The van der Waals surface area contributed by atoms with Gasteiger partial charge in [-0.05, 0) is 36.1 Å². The van der Waals surface area contributed by atoms with Crippen LogP contribution in [0.1, 0.15) is 39.5 Å². The SMILES string of the molecule is CCCCC(CC)CNc1nc(NCC(O)CO)c(N=Nc2nc(=S)[nH]s2)c(NCC(O)CO)n1. The first-order chi connectivity index (χ1) is 16.9. The Hall–Kier alpha value is -2.30. The summed E-state index contributed by atoms with van der Waals surface area (Å²) < 4.78 is 3.06. The second kappa shape index (κ2) is 15.6. The third-order valence-electron chi connectivity index (χ3n) is 5.07. The van der Waals surface area contributed by atoms with Gasteiger partial charge < -0.3 is 36.4 Å². The van der Waals surface area contributed by atoms with E-state index in [1.54, 1.807) is 0 Å². The minimum absolute atomic E-state index is 0.00357. The van der Waals surface area contributed by atoms with Crippen molar-refractivity contribution in [3.63, 3.8) is 0 Å². The van der Waals surface area contributed by atoms with Crippen molar-refractivity contribution in [2.24, 2.45) is 16.1 Å². The second-order valence-electron chi connectivity index (χ2n) is 7.93. The quantitative estimate of drug-likeness (QED) is 0.111. The predicted molar refractivity (Wildman–Crippen MR) is 138 cm³/mol. The molecule has 15 heteroatoms. The van der Waals surface area contributed by atoms with Crippen LogP contribution < -0.4 is 16.0 Å². The van der Waals surface area contributed by atoms with Gasteiger partial charge in [-0.2, -0.15) is 15.0 Å². The van der Waals surface area contributed by atoms with Gasteiger partial charge in [0, 0.05) is 19.6 Å². The van der Waals surface area contributed by atoms with E-state index in [0.29, 0.717) is 23.5 Å². The smallest absolute Gasteiger partial charge is 0.248 e. The first-order valence-corrected chi connectivity index (χ1v) is 12.8. The molecule has 0 aromatic carbocycles. The number of aliphatic hydroxyl groups excluding tert-OH is 4. The van der Waals surface area contributed by atoms with Crippen LogP contribution in [0.25, 0.3) is 0 Å². The minimum atomic E-state index is -1.02. The Morgan fingerprint density at radius 2 is 1.57 bits per heavy atom. The van der Waals surface area contributed by atoms with Crippen molar-refractivity contribution in [2.45, 2.75) is 51.7 Å². The Kier molecular flexibility index (Phi) is 12.9. The molecule has 2 aromatic heterocycles. The summed E-state index contributed by atoms with van der Waals surface area (Å²) >= 11 is 6.07. The molecule has 13 nitrogen and oxygen atoms in total. The van der Waals surface area contributed by atoms with E-state index in [4.69, 9.17) is 12.2 Å². The molecular weight excluding hydrogens is 494 g/mol. The van der Waals surface area contributed by atoms with Crippen LogP contribution in [0.15, 0.2) is 10.2 Å². The number of nitrogens with zero attached hydrogens (tertiary/aromatic N) is 5. The highest BCUT2D eigenvalue weighted by Gasteiger charge is 2.18. The number of unbranched alkanes of at least 4 members (excludes halogenated alkanes) is 1. The van der Waals surface area contributed by atoms with Crippen LogP contribution in [0.2, 0.25) is 0 Å². The Labute approximate surface area is 213 Å². The van der Waals surface area contributed by atoms with Crippen LogP contribution in [0, 0.1) is 10.7 Å². The molecule has 0 saturated carbocycles. The summed E-state index contributed by atoms with van der Waals surface area (Å²) in [5.41, 5.74) is 0.199. The zero-order valence-corrected chi connectivity index (χ0v) is 21.6. The molecule has 196 valence electrons. The van der Waals surface area contributed by atoms with Crippen LogP contribution in [0.4, 0.5) is 28.4 Å². The normalized spacial score (nSPS) is 14.1. The first kappa shape index (κ1) is 28.9. The van der Waals surface area contributed by atoms with Crippen LogP contribution in [0.3, 0.4) is 0 Å². The van der Waals surface area contributed by atoms with Crippen molar-refractivity contribution in [3.8, 4) is 0 Å². The van der Waals surface area contributed by atoms with Gasteiger partial charge in [0.1, 0.15) is 0 Å². The van der Waals surface area contributed by atoms with Gasteiger partial charge in [0.15, 0.2) is 17.3 Å². The average Bonchev–Trinajstić information content (AvgIpc) is 3.29. The van der Waals surface area contributed by atoms with Gasteiger partial charge in [-0.25, -0.2) is 0 Å². The molecule has 0 spiro atoms. The highest BCUT2D eigenvalue weighted by molar-refractivity contribution is 7.71. The van der Waals surface area contributed by atoms with Crippen LogP contribution >= 0.6 is 23.8 Å². The number of rotatable bonds is 17. The molecule has 0 saturated heterocycles. The number of azo groups is 1. The van der Waals surface area contributed by atoms with Crippen molar-refractivity contribution in [3.05, 3.63) is 4.77 Å². The summed E-state index contributed by atoms with van der Waals surface area (Å²) in [5, 5.41) is 55.9. The molecule has 8 N–H and O–H groups in total. The number of hydrogen-bond acceptors (Lipinski definition) is 14. The van der Waals surface area contributed by atoms with Gasteiger partial charge in [0.25, 0.3) is 0 Å². The lowest BCUT2D eigenvalue weighted by atomic mass is 9.99. The number of H-pyrrole nitrogens is 1. The van der Waals surface area contributed by atoms with Crippen molar-refractivity contribution in [2.75, 3.05) is 48.8 Å². The number of aromatic nitrogens is 4. The van der Waals surface area contributed by atoms with E-state index in [1.165, 1.54) is 0 Å². The molecule has 0 bridgehead atoms. The Morgan fingerprint density at radius 3 is 2.06 bits per heavy atom. The average molecular weight is 530 g/mol. The van der Waals surface area contributed by atoms with Crippen LogP contribution in [-0.4, -0.2) is 84.8 Å². The largest absolute Gasteiger partial charge is 0.394 e. The fourth-order valence-corrected chi connectivity index (χ4v) is 3.68. The molecule has 0 fully saturated rings. The summed E-state index contributed by atoms with van der Waals surface area (Å²) in [6.45, 7) is 4.12. The van der Waals surface area contributed by atoms with Crippen LogP contribution in [-0.2, 0) is 0 Å². The van der Waals surface area contributed by atoms with Gasteiger partial charge in [0.2, 0.25) is 15.9 Å². The Balaban J connectivity index is 2.40. The molecule has 2 rings (SSSR count). The molecule has 2 aromatic rings. The topological polar surface area (TPSA) is 196 Å². The molecular formula is C20H35N9O4S2. The number of hydrogen-bond donors (Lipinski definition) is 8. The van der Waals surface area contributed by atoms with Gasteiger partial charge in [-0.15, -0.1) is 10.2 Å². The maximum atomic E-state index is 9.83. The number of anilines is 3. The lowest BCUT2D eigenvalue weighted by Crippen LogP contribution is -2.25. The lowest BCUT2D eigenvalue weighted by molar-refractivity contribution is 0.105. The molecule has 0 aliphatic heterocycles. The first-order valence-electron chi connectivity index (χ1n) is 11.6. The molecule has 3 unspecified atom stereocenters. The highest BCUT2D eigenvalue weighted by Crippen LogP contribution is 2.34. The van der Waals surface area contributed by atoms with E-state index in [0.717, 1.165) is 37.2 Å². The standard InChI is InChI=1S/C20H35N9O4S2/c1-3-5-6-12(4-2)7-23-18-24-16(21-8-13(32)10-30)15(17(25-18)22-9-14(33)11-31)27-28-20-26-19(34)29-35-20/h12-14,30-33H,3-11H2,1-2H3,(H,29,34)(H3,21,22,23,24,25). The maximum Gasteiger partial charge on any atom is 0.248 e. The zero-order valence-electron chi connectivity index (χ0n) is 19.9. The number of aliphatic hydroxyl groups is 4. The van der Waals surface area contributed by atoms with Crippen LogP contribution in [0.5, 0.6) is 0 Å². The molecule has 0 radical (unpaired) electrons. The molecule has 0 amide bonds. The summed E-state index contributed by atoms with van der Waals surface area (Å²) in [6.07, 6.45) is 2.32. The van der Waals surface area contributed by atoms with E-state index in [9.17, 15) is 20.4 Å². The van der Waals surface area contributed by atoms with Crippen molar-refractivity contribution in [1.82, 2.24) is 19.3 Å². The van der Waals surface area contributed by atoms with E-state index in [1.807, 2.05) is 0 Å². The van der Waals surface area contributed by atoms with E-state index in [-0.39, 0.29) is 35.2 Å². The second-order valence-corrected chi connectivity index (χ2v) is 9.09. The van der Waals surface area contributed by atoms with Crippen molar-refractivity contribution >= 4 is 52.2 Å². The predicted octanol–water partition coefficient (Wildman–Crippen LogP) is 2.56. The summed E-state index contributed by atoms with van der Waals surface area (Å²) in [6, 6.07) is 0. The van der Waals surface area contributed by atoms with Crippen molar-refractivity contribution in [1.29, 1.82) is 0 Å². The minimum Gasteiger partial charge on any atom is -0.394 e. The van der Waals surface area contributed by atoms with Gasteiger partial charge in [-0.3, -0.25) is 4.37 Å². The summed E-state index contributed by atoms with van der Waals surface area (Å²) in [7, 11) is 0. The number of nitrogens with one attached hydrogen (secondary N) is 4. The van der Waals surface area contributed by atoms with Gasteiger partial charge >= 0.3 is 0 Å².